The second-order valence-corrected chi connectivity index (χ2v) is 3.60. The molecule has 56 valence electrons. The number of aryl methyl sites for hydroxylation is 1. The van der Waals surface area contributed by atoms with Crippen molar-refractivity contribution in [3.63, 3.8) is 0 Å². The van der Waals surface area contributed by atoms with Gasteiger partial charge in [0, 0.05) is 15.5 Å². The smallest absolute Gasteiger partial charge is 0.0502 e. The van der Waals surface area contributed by atoms with Gasteiger partial charge in [-0.2, -0.15) is 0 Å². The summed E-state index contributed by atoms with van der Waals surface area (Å²) in [5.74, 6) is 0. The minimum atomic E-state index is 0.894. The molecule has 0 amide bonds. The molecule has 0 saturated carbocycles. The molecule has 2 rings (SSSR count). The fraction of sp³-hybridized carbons (Fsp3) is 0.111. The number of rotatable bonds is 0. The molecule has 2 heteroatoms. The highest BCUT2D eigenvalue weighted by atomic mass is 32.1. The van der Waals surface area contributed by atoms with Crippen molar-refractivity contribution in [1.29, 1.82) is 0 Å². The maximum atomic E-state index is 5.74. The van der Waals surface area contributed by atoms with Crippen molar-refractivity contribution >= 4 is 27.1 Å². The first-order chi connectivity index (χ1) is 5.27. The first-order valence-electron chi connectivity index (χ1n) is 3.51. The van der Waals surface area contributed by atoms with Crippen LogP contribution in [0.25, 0.3) is 10.1 Å². The van der Waals surface area contributed by atoms with E-state index in [-0.39, 0.29) is 0 Å². The normalized spacial score (nSPS) is 10.6. The van der Waals surface area contributed by atoms with E-state index in [1.54, 1.807) is 11.3 Å². The maximum absolute atomic E-state index is 5.74. The van der Waals surface area contributed by atoms with Gasteiger partial charge in [-0.3, -0.25) is 0 Å². The summed E-state index contributed by atoms with van der Waals surface area (Å²) in [6, 6.07) is 6.33. The van der Waals surface area contributed by atoms with E-state index >= 15 is 0 Å². The molecule has 1 heterocycles. The van der Waals surface area contributed by atoms with Crippen LogP contribution in [0, 0.1) is 6.92 Å². The van der Waals surface area contributed by atoms with E-state index in [9.17, 15) is 0 Å². The number of benzene rings is 1. The molecular formula is C9H9NS. The Hall–Kier alpha value is -1.02. The van der Waals surface area contributed by atoms with E-state index in [1.165, 1.54) is 15.6 Å². The van der Waals surface area contributed by atoms with Crippen LogP contribution in [-0.4, -0.2) is 0 Å². The Morgan fingerprint density at radius 1 is 1.36 bits per heavy atom. The van der Waals surface area contributed by atoms with Crippen LogP contribution < -0.4 is 5.73 Å². The number of nitrogen functional groups attached to an aromatic ring is 1. The fourth-order valence-corrected chi connectivity index (χ4v) is 2.10. The molecule has 0 spiro atoms. The molecule has 1 nitrogen and oxygen atoms in total. The molecule has 1 aromatic carbocycles. The Morgan fingerprint density at radius 2 is 2.18 bits per heavy atom. The van der Waals surface area contributed by atoms with Crippen LogP contribution >= 0.6 is 11.3 Å². The zero-order valence-corrected chi connectivity index (χ0v) is 7.11. The molecule has 0 unspecified atom stereocenters. The zero-order valence-electron chi connectivity index (χ0n) is 6.29. The van der Waals surface area contributed by atoms with Crippen molar-refractivity contribution in [3.8, 4) is 0 Å². The van der Waals surface area contributed by atoms with Crippen molar-refractivity contribution < 1.29 is 0 Å². The SMILES string of the molecule is Cc1ccc2c(N)csc2c1. The van der Waals surface area contributed by atoms with Crippen LogP contribution in [-0.2, 0) is 0 Å². The summed E-state index contributed by atoms with van der Waals surface area (Å²) in [4.78, 5) is 0. The Bertz CT molecular complexity index is 389. The van der Waals surface area contributed by atoms with E-state index in [2.05, 4.69) is 25.1 Å². The van der Waals surface area contributed by atoms with Crippen molar-refractivity contribution in [3.05, 3.63) is 29.1 Å². The van der Waals surface area contributed by atoms with Gasteiger partial charge in [0.05, 0.1) is 5.69 Å². The van der Waals surface area contributed by atoms with Crippen LogP contribution in [0.15, 0.2) is 23.6 Å². The van der Waals surface area contributed by atoms with Gasteiger partial charge in [-0.1, -0.05) is 12.1 Å². The molecule has 1 aromatic heterocycles. The van der Waals surface area contributed by atoms with Gasteiger partial charge >= 0.3 is 0 Å². The molecule has 2 aromatic rings. The Labute approximate surface area is 69.5 Å². The molecule has 0 aliphatic carbocycles. The summed E-state index contributed by atoms with van der Waals surface area (Å²) in [6.07, 6.45) is 0. The summed E-state index contributed by atoms with van der Waals surface area (Å²) >= 11 is 1.70. The van der Waals surface area contributed by atoms with E-state index in [0.717, 1.165) is 5.69 Å². The van der Waals surface area contributed by atoms with E-state index in [0.29, 0.717) is 0 Å². The van der Waals surface area contributed by atoms with Gasteiger partial charge < -0.3 is 5.73 Å². The van der Waals surface area contributed by atoms with Gasteiger partial charge in [0.25, 0.3) is 0 Å². The first kappa shape index (κ1) is 6.68. The van der Waals surface area contributed by atoms with Gasteiger partial charge in [0.1, 0.15) is 0 Å². The number of fused-ring (bicyclic) bond motifs is 1. The summed E-state index contributed by atoms with van der Waals surface area (Å²) < 4.78 is 1.28. The molecule has 0 saturated heterocycles. The molecule has 2 N–H and O–H groups in total. The second kappa shape index (κ2) is 2.24. The molecule has 0 fully saturated rings. The van der Waals surface area contributed by atoms with Crippen molar-refractivity contribution in [1.82, 2.24) is 0 Å². The van der Waals surface area contributed by atoms with Gasteiger partial charge in [0.15, 0.2) is 0 Å². The lowest BCUT2D eigenvalue weighted by atomic mass is 10.2. The van der Waals surface area contributed by atoms with Gasteiger partial charge in [-0.15, -0.1) is 11.3 Å². The molecule has 11 heavy (non-hydrogen) atoms. The van der Waals surface area contributed by atoms with E-state index in [1.807, 2.05) is 5.38 Å². The van der Waals surface area contributed by atoms with Crippen molar-refractivity contribution in [2.75, 3.05) is 5.73 Å². The monoisotopic (exact) mass is 163 g/mol. The Kier molecular flexibility index (Phi) is 1.36. The third-order valence-corrected chi connectivity index (χ3v) is 2.72. The molecular weight excluding hydrogens is 154 g/mol. The van der Waals surface area contributed by atoms with Crippen LogP contribution in [0.3, 0.4) is 0 Å². The lowest BCUT2D eigenvalue weighted by Gasteiger charge is -1.92. The molecule has 0 aliphatic heterocycles. The van der Waals surface area contributed by atoms with Gasteiger partial charge in [-0.25, -0.2) is 0 Å². The lowest BCUT2D eigenvalue weighted by Crippen LogP contribution is -1.79. The van der Waals surface area contributed by atoms with Crippen LogP contribution in [0.2, 0.25) is 0 Å². The number of anilines is 1. The first-order valence-corrected chi connectivity index (χ1v) is 4.38. The third kappa shape index (κ3) is 0.994. The Balaban J connectivity index is 2.86. The summed E-state index contributed by atoms with van der Waals surface area (Å²) in [5, 5.41) is 3.17. The van der Waals surface area contributed by atoms with E-state index < -0.39 is 0 Å². The average molecular weight is 163 g/mol. The standard InChI is InChI=1S/C9H9NS/c1-6-2-3-7-8(10)5-11-9(7)4-6/h2-5H,10H2,1H3. The van der Waals surface area contributed by atoms with Crippen LogP contribution in [0.4, 0.5) is 5.69 Å². The number of hydrogen-bond donors (Lipinski definition) is 1. The number of hydrogen-bond acceptors (Lipinski definition) is 2. The minimum absolute atomic E-state index is 0.894. The number of nitrogens with two attached hydrogens (primary N) is 1. The predicted molar refractivity (Wildman–Crippen MR) is 51.0 cm³/mol. The molecule has 0 aliphatic rings. The second-order valence-electron chi connectivity index (χ2n) is 2.69. The largest absolute Gasteiger partial charge is 0.398 e. The highest BCUT2D eigenvalue weighted by Crippen LogP contribution is 2.28. The fourth-order valence-electron chi connectivity index (χ4n) is 1.16. The molecule has 0 atom stereocenters. The van der Waals surface area contributed by atoms with Crippen molar-refractivity contribution in [2.45, 2.75) is 6.92 Å². The summed E-state index contributed by atoms with van der Waals surface area (Å²) in [6.45, 7) is 2.09. The quantitative estimate of drug-likeness (QED) is 0.635. The molecule has 0 radical (unpaired) electrons. The summed E-state index contributed by atoms with van der Waals surface area (Å²) in [5.41, 5.74) is 7.92. The third-order valence-electron chi connectivity index (χ3n) is 1.76. The minimum Gasteiger partial charge on any atom is -0.398 e. The van der Waals surface area contributed by atoms with Gasteiger partial charge in [-0.05, 0) is 18.6 Å². The maximum Gasteiger partial charge on any atom is 0.0502 e. The highest BCUT2D eigenvalue weighted by molar-refractivity contribution is 7.17. The van der Waals surface area contributed by atoms with Gasteiger partial charge in [0.2, 0.25) is 0 Å². The topological polar surface area (TPSA) is 26.0 Å². The van der Waals surface area contributed by atoms with E-state index in [4.69, 9.17) is 5.73 Å². The zero-order chi connectivity index (χ0) is 7.84. The van der Waals surface area contributed by atoms with Crippen LogP contribution in [0.5, 0.6) is 0 Å². The summed E-state index contributed by atoms with van der Waals surface area (Å²) in [7, 11) is 0. The number of thiophene rings is 1. The molecule has 0 bridgehead atoms. The average Bonchev–Trinajstić information content (AvgIpc) is 2.32. The van der Waals surface area contributed by atoms with Crippen LogP contribution in [0.1, 0.15) is 5.56 Å². The van der Waals surface area contributed by atoms with Crippen molar-refractivity contribution in [2.24, 2.45) is 0 Å². The predicted octanol–water partition coefficient (Wildman–Crippen LogP) is 2.79. The highest BCUT2D eigenvalue weighted by Gasteiger charge is 1.98. The lowest BCUT2D eigenvalue weighted by molar-refractivity contribution is 1.52. The Morgan fingerprint density at radius 3 is 3.00 bits per heavy atom.